The fraction of sp³-hybridized carbons (Fsp3) is 0.571. The lowest BCUT2D eigenvalue weighted by Gasteiger charge is -2.20. The molecule has 5 heteroatoms. The summed E-state index contributed by atoms with van der Waals surface area (Å²) in [6.45, 7) is 1.85. The van der Waals surface area contributed by atoms with E-state index in [2.05, 4.69) is 4.72 Å². The average Bonchev–Trinajstić information content (AvgIpc) is 3.21. The molecule has 0 aromatic heterocycles. The summed E-state index contributed by atoms with van der Waals surface area (Å²) in [5.74, 6) is 0.852. The molecule has 2 rings (SSSR count). The second-order valence-corrected chi connectivity index (χ2v) is 7.49. The molecule has 106 valence electrons. The third-order valence-electron chi connectivity index (χ3n) is 3.33. The SMILES string of the molecule is CC(CCl)CS(=O)(=O)NC(c1ccccc1)C1CC1. The first-order chi connectivity index (χ1) is 9.02. The van der Waals surface area contributed by atoms with Gasteiger partial charge < -0.3 is 0 Å². The van der Waals surface area contributed by atoms with Crippen molar-refractivity contribution in [1.29, 1.82) is 0 Å². The number of rotatable bonds is 7. The molecule has 19 heavy (non-hydrogen) atoms. The van der Waals surface area contributed by atoms with Crippen LogP contribution in [0.2, 0.25) is 0 Å². The van der Waals surface area contributed by atoms with Crippen molar-refractivity contribution in [3.05, 3.63) is 35.9 Å². The Labute approximate surface area is 120 Å². The van der Waals surface area contributed by atoms with Gasteiger partial charge in [-0.2, -0.15) is 0 Å². The van der Waals surface area contributed by atoms with Crippen LogP contribution in [0.25, 0.3) is 0 Å². The average molecular weight is 302 g/mol. The lowest BCUT2D eigenvalue weighted by molar-refractivity contribution is 0.521. The van der Waals surface area contributed by atoms with E-state index < -0.39 is 10.0 Å². The third-order valence-corrected chi connectivity index (χ3v) is 5.47. The van der Waals surface area contributed by atoms with E-state index in [1.54, 1.807) is 0 Å². The van der Waals surface area contributed by atoms with Gasteiger partial charge in [0.2, 0.25) is 10.0 Å². The number of nitrogens with one attached hydrogen (secondary N) is 1. The molecule has 1 aromatic rings. The fourth-order valence-corrected chi connectivity index (χ4v) is 4.10. The van der Waals surface area contributed by atoms with Crippen LogP contribution in [-0.4, -0.2) is 20.1 Å². The highest BCUT2D eigenvalue weighted by Gasteiger charge is 2.35. The number of halogens is 1. The lowest BCUT2D eigenvalue weighted by atomic mass is 10.0. The number of benzene rings is 1. The molecule has 3 nitrogen and oxygen atoms in total. The van der Waals surface area contributed by atoms with Gasteiger partial charge in [0.15, 0.2) is 0 Å². The number of sulfonamides is 1. The lowest BCUT2D eigenvalue weighted by Crippen LogP contribution is -2.34. The van der Waals surface area contributed by atoms with Crippen molar-refractivity contribution in [2.24, 2.45) is 11.8 Å². The van der Waals surface area contributed by atoms with E-state index in [1.165, 1.54) is 0 Å². The van der Waals surface area contributed by atoms with E-state index in [-0.39, 0.29) is 17.7 Å². The molecule has 1 N–H and O–H groups in total. The maximum Gasteiger partial charge on any atom is 0.212 e. The van der Waals surface area contributed by atoms with Crippen molar-refractivity contribution < 1.29 is 8.42 Å². The van der Waals surface area contributed by atoms with Gasteiger partial charge in [-0.3, -0.25) is 0 Å². The van der Waals surface area contributed by atoms with Crippen molar-refractivity contribution in [3.63, 3.8) is 0 Å². The molecule has 0 amide bonds. The summed E-state index contributed by atoms with van der Waals surface area (Å²) < 4.78 is 27.1. The first kappa shape index (κ1) is 14.8. The first-order valence-corrected chi connectivity index (χ1v) is 8.81. The second kappa shape index (κ2) is 6.25. The third kappa shape index (κ3) is 4.48. The minimum Gasteiger partial charge on any atom is -0.212 e. The quantitative estimate of drug-likeness (QED) is 0.787. The van der Waals surface area contributed by atoms with Gasteiger partial charge in [0.1, 0.15) is 0 Å². The molecular formula is C14H20ClNO2S. The van der Waals surface area contributed by atoms with E-state index >= 15 is 0 Å². The van der Waals surface area contributed by atoms with Crippen LogP contribution in [0.1, 0.15) is 31.4 Å². The van der Waals surface area contributed by atoms with Crippen molar-refractivity contribution in [1.82, 2.24) is 4.72 Å². The predicted octanol–water partition coefficient (Wildman–Crippen LogP) is 2.93. The van der Waals surface area contributed by atoms with E-state index in [0.29, 0.717) is 11.8 Å². The number of hydrogen-bond acceptors (Lipinski definition) is 2. The van der Waals surface area contributed by atoms with E-state index in [0.717, 1.165) is 18.4 Å². The zero-order chi connectivity index (χ0) is 13.9. The van der Waals surface area contributed by atoms with Crippen LogP contribution >= 0.6 is 11.6 Å². The topological polar surface area (TPSA) is 46.2 Å². The highest BCUT2D eigenvalue weighted by Crippen LogP contribution is 2.41. The fourth-order valence-electron chi connectivity index (χ4n) is 2.19. The molecular weight excluding hydrogens is 282 g/mol. The molecule has 0 spiro atoms. The van der Waals surface area contributed by atoms with Crippen molar-refractivity contribution >= 4 is 21.6 Å². The van der Waals surface area contributed by atoms with Crippen molar-refractivity contribution in [2.45, 2.75) is 25.8 Å². The Bertz CT molecular complexity index is 499. The summed E-state index contributed by atoms with van der Waals surface area (Å²) in [5, 5.41) is 0. The molecule has 0 saturated heterocycles. The number of hydrogen-bond donors (Lipinski definition) is 1. The maximum atomic E-state index is 12.1. The number of alkyl halides is 1. The molecule has 1 saturated carbocycles. The van der Waals surface area contributed by atoms with E-state index in [4.69, 9.17) is 11.6 Å². The summed E-state index contributed by atoms with van der Waals surface area (Å²) >= 11 is 5.69. The Morgan fingerprint density at radius 3 is 2.47 bits per heavy atom. The zero-order valence-electron chi connectivity index (χ0n) is 11.0. The van der Waals surface area contributed by atoms with Crippen LogP contribution in [-0.2, 0) is 10.0 Å². The van der Waals surface area contributed by atoms with Gasteiger partial charge in [-0.05, 0) is 30.2 Å². The zero-order valence-corrected chi connectivity index (χ0v) is 12.6. The van der Waals surface area contributed by atoms with Gasteiger partial charge in [0.25, 0.3) is 0 Å². The molecule has 0 heterocycles. The minimum absolute atomic E-state index is 0.0326. The van der Waals surface area contributed by atoms with Crippen LogP contribution in [0.3, 0.4) is 0 Å². The molecule has 0 radical (unpaired) electrons. The van der Waals surface area contributed by atoms with E-state index in [1.807, 2.05) is 37.3 Å². The molecule has 1 fully saturated rings. The summed E-state index contributed by atoms with van der Waals surface area (Å²) in [5.41, 5.74) is 1.05. The highest BCUT2D eigenvalue weighted by atomic mass is 35.5. The van der Waals surface area contributed by atoms with Gasteiger partial charge in [-0.15, -0.1) is 11.6 Å². The molecule has 0 aliphatic heterocycles. The normalized spacial score (nSPS) is 19.1. The van der Waals surface area contributed by atoms with Gasteiger partial charge in [-0.1, -0.05) is 37.3 Å². The Hall–Kier alpha value is -0.580. The van der Waals surface area contributed by atoms with Crippen LogP contribution in [0, 0.1) is 11.8 Å². The minimum atomic E-state index is -3.28. The molecule has 1 aromatic carbocycles. The first-order valence-electron chi connectivity index (χ1n) is 6.63. The van der Waals surface area contributed by atoms with Crippen LogP contribution in [0.4, 0.5) is 0 Å². The summed E-state index contributed by atoms with van der Waals surface area (Å²) in [4.78, 5) is 0. The largest absolute Gasteiger partial charge is 0.212 e. The monoisotopic (exact) mass is 301 g/mol. The van der Waals surface area contributed by atoms with Crippen LogP contribution in [0.5, 0.6) is 0 Å². The molecule has 2 atom stereocenters. The van der Waals surface area contributed by atoms with Crippen LogP contribution < -0.4 is 4.72 Å². The maximum absolute atomic E-state index is 12.1. The molecule has 1 aliphatic carbocycles. The smallest absolute Gasteiger partial charge is 0.212 e. The molecule has 1 aliphatic rings. The van der Waals surface area contributed by atoms with Crippen molar-refractivity contribution in [2.75, 3.05) is 11.6 Å². The Balaban J connectivity index is 2.09. The second-order valence-electron chi connectivity index (χ2n) is 5.38. The molecule has 2 unspecified atom stereocenters. The summed E-state index contributed by atoms with van der Waals surface area (Å²) in [6.07, 6.45) is 2.18. The summed E-state index contributed by atoms with van der Waals surface area (Å²) in [6, 6.07) is 9.71. The van der Waals surface area contributed by atoms with Gasteiger partial charge >= 0.3 is 0 Å². The van der Waals surface area contributed by atoms with Gasteiger partial charge in [-0.25, -0.2) is 13.1 Å². The Kier molecular flexibility index (Phi) is 4.87. The highest BCUT2D eigenvalue weighted by molar-refractivity contribution is 7.89. The van der Waals surface area contributed by atoms with Crippen LogP contribution in [0.15, 0.2) is 30.3 Å². The van der Waals surface area contributed by atoms with Gasteiger partial charge in [0.05, 0.1) is 5.75 Å². The van der Waals surface area contributed by atoms with E-state index in [9.17, 15) is 8.42 Å². The summed E-state index contributed by atoms with van der Waals surface area (Å²) in [7, 11) is -3.28. The predicted molar refractivity (Wildman–Crippen MR) is 78.7 cm³/mol. The Morgan fingerprint density at radius 1 is 1.32 bits per heavy atom. The van der Waals surface area contributed by atoms with Crippen molar-refractivity contribution in [3.8, 4) is 0 Å². The molecule has 0 bridgehead atoms. The standard InChI is InChI=1S/C14H20ClNO2S/c1-11(9-15)10-19(17,18)16-14(13-7-8-13)12-5-3-2-4-6-12/h2-6,11,13-14,16H,7-10H2,1H3. The Morgan fingerprint density at radius 2 is 1.95 bits per heavy atom. The van der Waals surface area contributed by atoms with Gasteiger partial charge in [0, 0.05) is 11.9 Å².